The molecule has 0 saturated carbocycles. The SMILES string of the molecule is Cc1cc(C(=O)OCC(=O)N[C@@H](C)c2ccc(Cl)c(Cl)c2)on1. The first-order chi connectivity index (χ1) is 10.9. The molecule has 23 heavy (non-hydrogen) atoms. The molecule has 0 saturated heterocycles. The molecule has 0 bridgehead atoms. The van der Waals surface area contributed by atoms with Crippen LogP contribution in [-0.2, 0) is 9.53 Å². The zero-order valence-electron chi connectivity index (χ0n) is 12.4. The van der Waals surface area contributed by atoms with Crippen LogP contribution in [0.25, 0.3) is 0 Å². The molecule has 2 rings (SSSR count). The van der Waals surface area contributed by atoms with Gasteiger partial charge in [0, 0.05) is 6.07 Å². The van der Waals surface area contributed by atoms with Crippen LogP contribution >= 0.6 is 23.2 Å². The lowest BCUT2D eigenvalue weighted by atomic mass is 10.1. The maximum Gasteiger partial charge on any atom is 0.377 e. The summed E-state index contributed by atoms with van der Waals surface area (Å²) in [6.07, 6.45) is 0. The molecule has 1 heterocycles. The molecular formula is C15H14Cl2N2O4. The number of benzene rings is 1. The lowest BCUT2D eigenvalue weighted by Crippen LogP contribution is -2.31. The Balaban J connectivity index is 1.86. The van der Waals surface area contributed by atoms with Crippen molar-refractivity contribution >= 4 is 35.1 Å². The van der Waals surface area contributed by atoms with Gasteiger partial charge in [0.2, 0.25) is 5.76 Å². The van der Waals surface area contributed by atoms with Crippen LogP contribution in [0, 0.1) is 6.92 Å². The van der Waals surface area contributed by atoms with Crippen molar-refractivity contribution in [3.05, 3.63) is 51.3 Å². The van der Waals surface area contributed by atoms with Crippen LogP contribution in [0.3, 0.4) is 0 Å². The van der Waals surface area contributed by atoms with Gasteiger partial charge in [0.25, 0.3) is 5.91 Å². The summed E-state index contributed by atoms with van der Waals surface area (Å²) in [6.45, 7) is 3.02. The minimum atomic E-state index is -0.747. The van der Waals surface area contributed by atoms with Crippen molar-refractivity contribution < 1.29 is 18.8 Å². The predicted molar refractivity (Wildman–Crippen MR) is 84.5 cm³/mol. The standard InChI is InChI=1S/C15H14Cl2N2O4/c1-8-5-13(23-19-8)15(21)22-7-14(20)18-9(2)10-3-4-11(16)12(17)6-10/h3-6,9H,7H2,1-2H3,(H,18,20)/t9-/m0/s1. The topological polar surface area (TPSA) is 81.4 Å². The van der Waals surface area contributed by atoms with E-state index in [1.54, 1.807) is 32.0 Å². The summed E-state index contributed by atoms with van der Waals surface area (Å²) < 4.78 is 9.60. The smallest absolute Gasteiger partial charge is 0.377 e. The van der Waals surface area contributed by atoms with Crippen LogP contribution in [0.15, 0.2) is 28.8 Å². The number of carbonyl (C=O) groups is 2. The fraction of sp³-hybridized carbons (Fsp3) is 0.267. The number of hydrogen-bond donors (Lipinski definition) is 1. The van der Waals surface area contributed by atoms with Crippen LogP contribution in [0.1, 0.15) is 34.8 Å². The maximum absolute atomic E-state index is 11.8. The number of amides is 1. The van der Waals surface area contributed by atoms with Crippen molar-refractivity contribution in [2.75, 3.05) is 6.61 Å². The van der Waals surface area contributed by atoms with E-state index in [0.29, 0.717) is 15.7 Å². The van der Waals surface area contributed by atoms with E-state index in [0.717, 1.165) is 5.56 Å². The van der Waals surface area contributed by atoms with Crippen LogP contribution < -0.4 is 5.32 Å². The Labute approximate surface area is 142 Å². The Morgan fingerprint density at radius 3 is 2.65 bits per heavy atom. The molecule has 0 radical (unpaired) electrons. The molecular weight excluding hydrogens is 343 g/mol. The quantitative estimate of drug-likeness (QED) is 0.831. The fourth-order valence-corrected chi connectivity index (χ4v) is 2.12. The zero-order chi connectivity index (χ0) is 17.0. The summed E-state index contributed by atoms with van der Waals surface area (Å²) in [4.78, 5) is 23.5. The lowest BCUT2D eigenvalue weighted by molar-refractivity contribution is -0.124. The summed E-state index contributed by atoms with van der Waals surface area (Å²) >= 11 is 11.8. The first kappa shape index (κ1) is 17.3. The highest BCUT2D eigenvalue weighted by Gasteiger charge is 2.16. The Bertz CT molecular complexity index is 730. The summed E-state index contributed by atoms with van der Waals surface area (Å²) in [7, 11) is 0. The van der Waals surface area contributed by atoms with Gasteiger partial charge in [0.15, 0.2) is 6.61 Å². The lowest BCUT2D eigenvalue weighted by Gasteiger charge is -2.14. The van der Waals surface area contributed by atoms with Gasteiger partial charge in [-0.15, -0.1) is 0 Å². The highest BCUT2D eigenvalue weighted by Crippen LogP contribution is 2.25. The van der Waals surface area contributed by atoms with E-state index < -0.39 is 18.5 Å². The number of esters is 1. The first-order valence-corrected chi connectivity index (χ1v) is 7.47. The summed E-state index contributed by atoms with van der Waals surface area (Å²) in [5.74, 6) is -1.25. The molecule has 1 atom stereocenters. The van der Waals surface area contributed by atoms with E-state index >= 15 is 0 Å². The second-order valence-electron chi connectivity index (χ2n) is 4.87. The number of carbonyl (C=O) groups excluding carboxylic acids is 2. The van der Waals surface area contributed by atoms with Gasteiger partial charge in [-0.3, -0.25) is 4.79 Å². The zero-order valence-corrected chi connectivity index (χ0v) is 13.9. The molecule has 0 unspecified atom stereocenters. The van der Waals surface area contributed by atoms with Crippen molar-refractivity contribution in [2.24, 2.45) is 0 Å². The van der Waals surface area contributed by atoms with E-state index in [4.69, 9.17) is 32.5 Å². The number of rotatable bonds is 5. The number of hydrogen-bond acceptors (Lipinski definition) is 5. The molecule has 0 aliphatic rings. The first-order valence-electron chi connectivity index (χ1n) is 6.71. The van der Waals surface area contributed by atoms with Gasteiger partial charge in [-0.2, -0.15) is 0 Å². The highest BCUT2D eigenvalue weighted by atomic mass is 35.5. The van der Waals surface area contributed by atoms with Crippen molar-refractivity contribution in [3.63, 3.8) is 0 Å². The van der Waals surface area contributed by atoms with Crippen molar-refractivity contribution in [1.82, 2.24) is 10.5 Å². The number of ether oxygens (including phenoxy) is 1. The average molecular weight is 357 g/mol. The Morgan fingerprint density at radius 2 is 2.04 bits per heavy atom. The third kappa shape index (κ3) is 4.71. The Morgan fingerprint density at radius 1 is 1.30 bits per heavy atom. The molecule has 0 fully saturated rings. The minimum absolute atomic E-state index is 0.0483. The van der Waals surface area contributed by atoms with E-state index in [1.165, 1.54) is 6.07 Å². The molecule has 8 heteroatoms. The highest BCUT2D eigenvalue weighted by molar-refractivity contribution is 6.42. The largest absolute Gasteiger partial charge is 0.450 e. The normalized spacial score (nSPS) is 11.8. The molecule has 1 amide bonds. The molecule has 0 spiro atoms. The van der Waals surface area contributed by atoms with E-state index in [9.17, 15) is 9.59 Å². The molecule has 1 N–H and O–H groups in total. The van der Waals surface area contributed by atoms with Crippen molar-refractivity contribution in [1.29, 1.82) is 0 Å². The molecule has 0 aliphatic heterocycles. The van der Waals surface area contributed by atoms with Crippen LogP contribution in [0.5, 0.6) is 0 Å². The molecule has 2 aromatic rings. The second kappa shape index (κ2) is 7.48. The van der Waals surface area contributed by atoms with E-state index in [2.05, 4.69) is 10.5 Å². The molecule has 1 aromatic heterocycles. The molecule has 1 aromatic carbocycles. The van der Waals surface area contributed by atoms with Crippen molar-refractivity contribution in [2.45, 2.75) is 19.9 Å². The predicted octanol–water partition coefficient (Wildman–Crippen LogP) is 3.32. The Kier molecular flexibility index (Phi) is 5.63. The van der Waals surface area contributed by atoms with Gasteiger partial charge in [-0.25, -0.2) is 4.79 Å². The van der Waals surface area contributed by atoms with Gasteiger partial charge in [0.1, 0.15) is 0 Å². The summed E-state index contributed by atoms with van der Waals surface area (Å²) in [6, 6.07) is 6.18. The minimum Gasteiger partial charge on any atom is -0.450 e. The van der Waals surface area contributed by atoms with Crippen LogP contribution in [-0.4, -0.2) is 23.6 Å². The van der Waals surface area contributed by atoms with Gasteiger partial charge >= 0.3 is 5.97 Å². The Hall–Kier alpha value is -2.05. The van der Waals surface area contributed by atoms with Crippen molar-refractivity contribution in [3.8, 4) is 0 Å². The summed E-state index contributed by atoms with van der Waals surface area (Å²) in [5, 5.41) is 7.10. The monoisotopic (exact) mass is 356 g/mol. The number of nitrogens with zero attached hydrogens (tertiary/aromatic N) is 1. The molecule has 122 valence electrons. The number of halogens is 2. The molecule has 6 nitrogen and oxygen atoms in total. The number of aromatic nitrogens is 1. The van der Waals surface area contributed by atoms with Gasteiger partial charge in [0.05, 0.1) is 21.8 Å². The second-order valence-corrected chi connectivity index (χ2v) is 5.69. The fourth-order valence-electron chi connectivity index (χ4n) is 1.81. The average Bonchev–Trinajstić information content (AvgIpc) is 2.94. The third-order valence-electron chi connectivity index (χ3n) is 2.98. The third-order valence-corrected chi connectivity index (χ3v) is 3.72. The maximum atomic E-state index is 11.8. The van der Waals surface area contributed by atoms with Gasteiger partial charge < -0.3 is 14.6 Å². The van der Waals surface area contributed by atoms with Gasteiger partial charge in [-0.05, 0) is 31.5 Å². The molecule has 0 aliphatic carbocycles. The number of aryl methyl sites for hydroxylation is 1. The van der Waals surface area contributed by atoms with Gasteiger partial charge in [-0.1, -0.05) is 34.4 Å². The van der Waals surface area contributed by atoms with Crippen LogP contribution in [0.4, 0.5) is 0 Å². The van der Waals surface area contributed by atoms with E-state index in [-0.39, 0.29) is 11.8 Å². The summed E-state index contributed by atoms with van der Waals surface area (Å²) in [5.41, 5.74) is 1.33. The number of nitrogens with one attached hydrogen (secondary N) is 1. The van der Waals surface area contributed by atoms with E-state index in [1.807, 2.05) is 0 Å². The van der Waals surface area contributed by atoms with Crippen LogP contribution in [0.2, 0.25) is 10.0 Å².